The molecule has 53 heavy (non-hydrogen) atoms. The molecule has 0 unspecified atom stereocenters. The van der Waals surface area contributed by atoms with Gasteiger partial charge in [0.2, 0.25) is 5.91 Å². The fraction of sp³-hybridized carbons (Fsp3) is 0.289. The van der Waals surface area contributed by atoms with Crippen LogP contribution in [-0.4, -0.2) is 39.6 Å². The van der Waals surface area contributed by atoms with E-state index in [1.54, 1.807) is 0 Å². The van der Waals surface area contributed by atoms with Gasteiger partial charge in [-0.3, -0.25) is 14.5 Å². The molecule has 6 rings (SSSR count). The second-order valence-corrected chi connectivity index (χ2v) is 13.8. The smallest absolute Gasteiger partial charge is 0.303 e. The Hall–Kier alpha value is -5.12. The van der Waals surface area contributed by atoms with Crippen LogP contribution in [0.1, 0.15) is 72.0 Å². The quantitative estimate of drug-likeness (QED) is 0.0947. The Morgan fingerprint density at radius 3 is 1.92 bits per heavy atom. The van der Waals surface area contributed by atoms with Crippen molar-refractivity contribution in [1.29, 1.82) is 0 Å². The van der Waals surface area contributed by atoms with Crippen molar-refractivity contribution in [2.24, 2.45) is 5.92 Å². The molecule has 1 amide bonds. The molecule has 5 aromatic rings. The molecule has 1 aliphatic heterocycles. The number of hydrogen-bond acceptors (Lipinski definition) is 6. The number of nitrogens with one attached hydrogen (secondary N) is 1. The van der Waals surface area contributed by atoms with Crippen molar-refractivity contribution in [2.45, 2.75) is 70.9 Å². The van der Waals surface area contributed by atoms with E-state index in [-0.39, 0.29) is 43.5 Å². The van der Waals surface area contributed by atoms with E-state index in [4.69, 9.17) is 14.6 Å². The van der Waals surface area contributed by atoms with Crippen molar-refractivity contribution in [3.8, 4) is 11.1 Å². The van der Waals surface area contributed by atoms with Crippen molar-refractivity contribution >= 4 is 11.9 Å². The number of aliphatic carboxylic acids is 1. The van der Waals surface area contributed by atoms with Crippen LogP contribution in [0.5, 0.6) is 0 Å². The van der Waals surface area contributed by atoms with E-state index >= 15 is 0 Å². The summed E-state index contributed by atoms with van der Waals surface area (Å²) in [6.45, 7) is 4.83. The van der Waals surface area contributed by atoms with E-state index in [0.717, 1.165) is 46.5 Å². The molecule has 1 fully saturated rings. The third kappa shape index (κ3) is 10.7. The number of carboxylic acid groups (broad SMARTS) is 1. The summed E-state index contributed by atoms with van der Waals surface area (Å²) in [6, 6.07) is 45.4. The molecule has 0 saturated carbocycles. The van der Waals surface area contributed by atoms with E-state index in [1.807, 2.05) is 54.6 Å². The van der Waals surface area contributed by atoms with Crippen LogP contribution in [0.3, 0.4) is 0 Å². The number of amides is 1. The first-order chi connectivity index (χ1) is 25.8. The van der Waals surface area contributed by atoms with Crippen molar-refractivity contribution in [1.82, 2.24) is 10.2 Å². The molecule has 5 aromatic carbocycles. The number of hydrogen-bond donors (Lipinski definition) is 3. The molecule has 4 atom stereocenters. The highest BCUT2D eigenvalue weighted by Gasteiger charge is 2.39. The summed E-state index contributed by atoms with van der Waals surface area (Å²) in [7, 11) is 0. The minimum absolute atomic E-state index is 0.0118. The zero-order valence-electron chi connectivity index (χ0n) is 30.1. The van der Waals surface area contributed by atoms with Crippen LogP contribution in [0.2, 0.25) is 0 Å². The lowest BCUT2D eigenvalue weighted by Crippen LogP contribution is -2.44. The van der Waals surface area contributed by atoms with E-state index in [0.29, 0.717) is 19.5 Å². The molecule has 8 heteroatoms. The minimum atomic E-state index is -0.898. The van der Waals surface area contributed by atoms with E-state index < -0.39 is 12.3 Å². The number of rotatable bonds is 16. The van der Waals surface area contributed by atoms with Crippen LogP contribution in [0, 0.1) is 5.92 Å². The van der Waals surface area contributed by atoms with Gasteiger partial charge in [0.15, 0.2) is 6.29 Å². The Labute approximate surface area is 312 Å². The lowest BCUT2D eigenvalue weighted by molar-refractivity contribution is -0.276. The predicted octanol–water partition coefficient (Wildman–Crippen LogP) is 8.21. The SMILES string of the molecule is C[C@@H]1[C@H](CN(Cc2ccccc2)Cc2ccccc2)O[C@H](c2ccc(-c3cccc(CNC(=O)CCCC(=O)O)c3)cc2)O[C@@H]1c1ccc(CO)cc1. The van der Waals surface area contributed by atoms with Crippen molar-refractivity contribution < 1.29 is 29.3 Å². The molecule has 3 N–H and O–H groups in total. The van der Waals surface area contributed by atoms with Crippen LogP contribution < -0.4 is 5.32 Å². The van der Waals surface area contributed by atoms with E-state index in [2.05, 4.69) is 96.0 Å². The third-order valence-corrected chi connectivity index (χ3v) is 9.79. The average Bonchev–Trinajstić information content (AvgIpc) is 3.19. The first kappa shape index (κ1) is 37.6. The van der Waals surface area contributed by atoms with Gasteiger partial charge in [-0.25, -0.2) is 0 Å². The topological polar surface area (TPSA) is 108 Å². The molecular weight excluding hydrogens is 665 g/mol. The summed E-state index contributed by atoms with van der Waals surface area (Å²) in [5.74, 6) is -1.02. The fourth-order valence-electron chi connectivity index (χ4n) is 6.83. The van der Waals surface area contributed by atoms with Crippen molar-refractivity contribution in [2.75, 3.05) is 6.54 Å². The number of aliphatic hydroxyl groups is 1. The third-order valence-electron chi connectivity index (χ3n) is 9.79. The maximum atomic E-state index is 12.2. The molecule has 1 heterocycles. The van der Waals surface area contributed by atoms with Crippen LogP contribution in [0.25, 0.3) is 11.1 Å². The molecule has 0 aromatic heterocycles. The summed E-state index contributed by atoms with van der Waals surface area (Å²) in [4.78, 5) is 25.4. The van der Waals surface area contributed by atoms with E-state index in [9.17, 15) is 14.7 Å². The molecule has 274 valence electrons. The Morgan fingerprint density at radius 2 is 1.30 bits per heavy atom. The second-order valence-electron chi connectivity index (χ2n) is 13.8. The molecule has 1 aliphatic rings. The molecular formula is C45H48N2O6. The van der Waals surface area contributed by atoms with Gasteiger partial charge in [-0.1, -0.05) is 134 Å². The van der Waals surface area contributed by atoms with Gasteiger partial charge in [0.1, 0.15) is 0 Å². The highest BCUT2D eigenvalue weighted by molar-refractivity contribution is 5.76. The number of carboxylic acids is 1. The number of carbonyl (C=O) groups excluding carboxylic acids is 1. The largest absolute Gasteiger partial charge is 0.481 e. The van der Waals surface area contributed by atoms with Crippen LogP contribution in [0.15, 0.2) is 133 Å². The monoisotopic (exact) mass is 712 g/mol. The van der Waals surface area contributed by atoms with Crippen LogP contribution in [-0.2, 0) is 45.3 Å². The van der Waals surface area contributed by atoms with Crippen LogP contribution >= 0.6 is 0 Å². The van der Waals surface area contributed by atoms with Gasteiger partial charge in [-0.15, -0.1) is 0 Å². The van der Waals surface area contributed by atoms with Crippen molar-refractivity contribution in [3.63, 3.8) is 0 Å². The molecule has 0 spiro atoms. The van der Waals surface area contributed by atoms with Gasteiger partial charge in [-0.05, 0) is 51.4 Å². The molecule has 0 bridgehead atoms. The number of ether oxygens (including phenoxy) is 2. The van der Waals surface area contributed by atoms with Gasteiger partial charge in [0.05, 0.1) is 18.8 Å². The number of carbonyl (C=O) groups is 2. The van der Waals surface area contributed by atoms with Gasteiger partial charge in [0, 0.05) is 50.5 Å². The number of benzene rings is 5. The lowest BCUT2D eigenvalue weighted by Gasteiger charge is -2.43. The van der Waals surface area contributed by atoms with Crippen LogP contribution in [0.4, 0.5) is 0 Å². The zero-order chi connectivity index (χ0) is 37.0. The summed E-state index contributed by atoms with van der Waals surface area (Å²) in [5.41, 5.74) is 8.32. The predicted molar refractivity (Wildman–Crippen MR) is 205 cm³/mol. The number of nitrogens with zero attached hydrogens (tertiary/aromatic N) is 1. The normalized spacial score (nSPS) is 18.5. The summed E-state index contributed by atoms with van der Waals surface area (Å²) in [6.07, 6.45) is -0.472. The van der Waals surface area contributed by atoms with E-state index in [1.165, 1.54) is 11.1 Å². The first-order valence-electron chi connectivity index (χ1n) is 18.3. The maximum Gasteiger partial charge on any atom is 0.303 e. The van der Waals surface area contributed by atoms with Gasteiger partial charge in [0.25, 0.3) is 0 Å². The highest BCUT2D eigenvalue weighted by atomic mass is 16.7. The second kappa shape index (κ2) is 18.6. The summed E-state index contributed by atoms with van der Waals surface area (Å²) in [5, 5.41) is 21.4. The molecule has 0 radical (unpaired) electrons. The van der Waals surface area contributed by atoms with Gasteiger partial charge >= 0.3 is 5.97 Å². The summed E-state index contributed by atoms with van der Waals surface area (Å²) >= 11 is 0. The average molecular weight is 713 g/mol. The zero-order valence-corrected chi connectivity index (χ0v) is 30.1. The Bertz CT molecular complexity index is 1860. The van der Waals surface area contributed by atoms with Gasteiger partial charge in [-0.2, -0.15) is 0 Å². The summed E-state index contributed by atoms with van der Waals surface area (Å²) < 4.78 is 13.6. The Kier molecular flexibility index (Phi) is 13.2. The first-order valence-corrected chi connectivity index (χ1v) is 18.3. The molecule has 0 aliphatic carbocycles. The lowest BCUT2D eigenvalue weighted by atomic mass is 9.89. The molecule has 8 nitrogen and oxygen atoms in total. The van der Waals surface area contributed by atoms with Gasteiger partial charge < -0.3 is 25.0 Å². The minimum Gasteiger partial charge on any atom is -0.481 e. The molecule has 1 saturated heterocycles. The fourth-order valence-corrected chi connectivity index (χ4v) is 6.83. The maximum absolute atomic E-state index is 12.2. The standard InChI is InChI=1S/C45H48N2O6/c1-32-41(30-47(28-33-10-4-2-5-11-33)29-34-12-6-3-7-13-34)52-45(53-44(32)38-20-18-35(31-48)19-21-38)39-24-22-37(23-25-39)40-15-8-14-36(26-40)27-46-42(49)16-9-17-43(50)51/h2-8,10-15,18-26,32,41,44-45,48H,9,16-17,27-31H2,1H3,(H,46,49)(H,50,51)/t32-,41+,44+,45+/m1/s1. The highest BCUT2D eigenvalue weighted by Crippen LogP contribution is 2.42. The Balaban J connectivity index is 1.21. The number of aliphatic hydroxyl groups excluding tert-OH is 1. The van der Waals surface area contributed by atoms with Crippen molar-refractivity contribution in [3.05, 3.63) is 167 Å². The Morgan fingerprint density at radius 1 is 0.679 bits per heavy atom.